The Morgan fingerprint density at radius 3 is 2.68 bits per heavy atom. The fraction of sp³-hybridized carbons (Fsp3) is 0.267. The molecule has 0 radical (unpaired) electrons. The van der Waals surface area contributed by atoms with Gasteiger partial charge in [0.15, 0.2) is 0 Å². The maximum Gasteiger partial charge on any atom is 0.213 e. The van der Waals surface area contributed by atoms with Crippen molar-refractivity contribution in [3.05, 3.63) is 59.5 Å². The van der Waals surface area contributed by atoms with Gasteiger partial charge in [-0.05, 0) is 36.2 Å². The van der Waals surface area contributed by atoms with E-state index in [0.29, 0.717) is 12.4 Å². The SMILES string of the molecule is COc1cc(CNC(C)c2ccc(F)cc2)ccn1. The van der Waals surface area contributed by atoms with Crippen LogP contribution in [0.15, 0.2) is 42.6 Å². The lowest BCUT2D eigenvalue weighted by molar-refractivity contribution is 0.397. The van der Waals surface area contributed by atoms with Crippen molar-refractivity contribution in [3.63, 3.8) is 0 Å². The smallest absolute Gasteiger partial charge is 0.213 e. The minimum absolute atomic E-state index is 0.153. The fourth-order valence-electron chi connectivity index (χ4n) is 1.81. The molecule has 4 heteroatoms. The second-order valence-electron chi connectivity index (χ2n) is 4.36. The van der Waals surface area contributed by atoms with Gasteiger partial charge in [-0.1, -0.05) is 12.1 Å². The topological polar surface area (TPSA) is 34.1 Å². The third kappa shape index (κ3) is 3.76. The summed E-state index contributed by atoms with van der Waals surface area (Å²) >= 11 is 0. The Hall–Kier alpha value is -1.94. The molecule has 1 aromatic carbocycles. The van der Waals surface area contributed by atoms with Gasteiger partial charge in [0.1, 0.15) is 5.82 Å². The number of nitrogens with one attached hydrogen (secondary N) is 1. The Labute approximate surface area is 112 Å². The van der Waals surface area contributed by atoms with Gasteiger partial charge >= 0.3 is 0 Å². The molecule has 1 heterocycles. The number of halogens is 1. The quantitative estimate of drug-likeness (QED) is 0.897. The third-order valence-corrected chi connectivity index (χ3v) is 2.99. The van der Waals surface area contributed by atoms with Gasteiger partial charge in [-0.3, -0.25) is 0 Å². The molecule has 2 rings (SSSR count). The van der Waals surface area contributed by atoms with Crippen LogP contribution >= 0.6 is 0 Å². The molecule has 3 nitrogen and oxygen atoms in total. The average Bonchev–Trinajstić information content (AvgIpc) is 2.46. The summed E-state index contributed by atoms with van der Waals surface area (Å²) in [4.78, 5) is 4.06. The predicted octanol–water partition coefficient (Wildman–Crippen LogP) is 3.08. The molecule has 0 amide bonds. The molecular weight excluding hydrogens is 243 g/mol. The van der Waals surface area contributed by atoms with Crippen molar-refractivity contribution in [2.45, 2.75) is 19.5 Å². The van der Waals surface area contributed by atoms with Gasteiger partial charge < -0.3 is 10.1 Å². The number of pyridine rings is 1. The molecule has 0 aliphatic heterocycles. The molecule has 19 heavy (non-hydrogen) atoms. The highest BCUT2D eigenvalue weighted by molar-refractivity contribution is 5.22. The third-order valence-electron chi connectivity index (χ3n) is 2.99. The molecule has 0 aliphatic rings. The molecule has 0 spiro atoms. The number of aromatic nitrogens is 1. The summed E-state index contributed by atoms with van der Waals surface area (Å²) in [6.45, 7) is 2.75. The monoisotopic (exact) mass is 260 g/mol. The first kappa shape index (κ1) is 13.5. The summed E-state index contributed by atoms with van der Waals surface area (Å²) in [5.74, 6) is 0.392. The molecule has 100 valence electrons. The highest BCUT2D eigenvalue weighted by atomic mass is 19.1. The van der Waals surface area contributed by atoms with Gasteiger partial charge in [0.25, 0.3) is 0 Å². The zero-order valence-corrected chi connectivity index (χ0v) is 11.1. The van der Waals surface area contributed by atoms with Crippen LogP contribution in [0.1, 0.15) is 24.1 Å². The minimum Gasteiger partial charge on any atom is -0.481 e. The van der Waals surface area contributed by atoms with Crippen LogP contribution in [0.4, 0.5) is 4.39 Å². The van der Waals surface area contributed by atoms with Crippen molar-refractivity contribution in [2.24, 2.45) is 0 Å². The first-order valence-corrected chi connectivity index (χ1v) is 6.17. The molecule has 1 atom stereocenters. The number of rotatable bonds is 5. The summed E-state index contributed by atoms with van der Waals surface area (Å²) < 4.78 is 17.9. The lowest BCUT2D eigenvalue weighted by Crippen LogP contribution is -2.18. The zero-order chi connectivity index (χ0) is 13.7. The van der Waals surface area contributed by atoms with E-state index in [2.05, 4.69) is 10.3 Å². The summed E-state index contributed by atoms with van der Waals surface area (Å²) in [7, 11) is 1.60. The summed E-state index contributed by atoms with van der Waals surface area (Å²) in [6.07, 6.45) is 1.72. The average molecular weight is 260 g/mol. The number of hydrogen-bond donors (Lipinski definition) is 1. The fourth-order valence-corrected chi connectivity index (χ4v) is 1.81. The predicted molar refractivity (Wildman–Crippen MR) is 72.4 cm³/mol. The molecule has 2 aromatic rings. The van der Waals surface area contributed by atoms with E-state index in [0.717, 1.165) is 11.1 Å². The van der Waals surface area contributed by atoms with Crippen LogP contribution in [-0.4, -0.2) is 12.1 Å². The maximum atomic E-state index is 12.8. The summed E-state index contributed by atoms with van der Waals surface area (Å²) in [5.41, 5.74) is 2.16. The van der Waals surface area contributed by atoms with E-state index < -0.39 is 0 Å². The zero-order valence-electron chi connectivity index (χ0n) is 11.1. The number of nitrogens with zero attached hydrogens (tertiary/aromatic N) is 1. The molecule has 0 saturated carbocycles. The lowest BCUT2D eigenvalue weighted by atomic mass is 10.1. The van der Waals surface area contributed by atoms with Crippen molar-refractivity contribution < 1.29 is 9.13 Å². The first-order chi connectivity index (χ1) is 9.19. The second kappa shape index (κ2) is 6.29. The van der Waals surface area contributed by atoms with Crippen LogP contribution in [0.3, 0.4) is 0 Å². The first-order valence-electron chi connectivity index (χ1n) is 6.17. The molecule has 1 unspecified atom stereocenters. The largest absolute Gasteiger partial charge is 0.481 e. The van der Waals surface area contributed by atoms with Crippen LogP contribution in [0, 0.1) is 5.82 Å². The van der Waals surface area contributed by atoms with Crippen molar-refractivity contribution in [2.75, 3.05) is 7.11 Å². The minimum atomic E-state index is -0.213. The number of methoxy groups -OCH3 is 1. The Bertz CT molecular complexity index is 528. The molecule has 1 N–H and O–H groups in total. The molecular formula is C15H17FN2O. The lowest BCUT2D eigenvalue weighted by Gasteiger charge is -2.14. The van der Waals surface area contributed by atoms with Gasteiger partial charge in [0.2, 0.25) is 5.88 Å². The number of hydrogen-bond acceptors (Lipinski definition) is 3. The van der Waals surface area contributed by atoms with Gasteiger partial charge in [-0.25, -0.2) is 9.37 Å². The van der Waals surface area contributed by atoms with E-state index in [1.165, 1.54) is 12.1 Å². The van der Waals surface area contributed by atoms with Gasteiger partial charge in [-0.15, -0.1) is 0 Å². The standard InChI is InChI=1S/C15H17FN2O/c1-11(13-3-5-14(16)6-4-13)18-10-12-7-8-17-15(9-12)19-2/h3-9,11,18H,10H2,1-2H3. The van der Waals surface area contributed by atoms with Crippen LogP contribution in [-0.2, 0) is 6.54 Å². The Kier molecular flexibility index (Phi) is 4.47. The normalized spacial score (nSPS) is 12.2. The van der Waals surface area contributed by atoms with Crippen LogP contribution in [0.5, 0.6) is 5.88 Å². The highest BCUT2D eigenvalue weighted by Gasteiger charge is 2.05. The summed E-state index contributed by atoms with van der Waals surface area (Å²) in [6, 6.07) is 10.5. The van der Waals surface area contributed by atoms with Gasteiger partial charge in [0, 0.05) is 24.8 Å². The van der Waals surface area contributed by atoms with Gasteiger partial charge in [0.05, 0.1) is 7.11 Å². The highest BCUT2D eigenvalue weighted by Crippen LogP contribution is 2.14. The van der Waals surface area contributed by atoms with Crippen molar-refractivity contribution in [3.8, 4) is 5.88 Å². The Balaban J connectivity index is 1.96. The molecule has 1 aromatic heterocycles. The van der Waals surface area contributed by atoms with E-state index in [1.807, 2.05) is 19.1 Å². The van der Waals surface area contributed by atoms with E-state index in [-0.39, 0.29) is 11.9 Å². The van der Waals surface area contributed by atoms with Crippen LogP contribution in [0.2, 0.25) is 0 Å². The van der Waals surface area contributed by atoms with E-state index >= 15 is 0 Å². The molecule has 0 bridgehead atoms. The van der Waals surface area contributed by atoms with Crippen LogP contribution in [0.25, 0.3) is 0 Å². The molecule has 0 aliphatic carbocycles. The number of ether oxygens (including phenoxy) is 1. The van der Waals surface area contributed by atoms with Gasteiger partial charge in [-0.2, -0.15) is 0 Å². The van der Waals surface area contributed by atoms with Crippen molar-refractivity contribution >= 4 is 0 Å². The van der Waals surface area contributed by atoms with E-state index in [1.54, 1.807) is 25.4 Å². The second-order valence-corrected chi connectivity index (χ2v) is 4.36. The van der Waals surface area contributed by atoms with Crippen LogP contribution < -0.4 is 10.1 Å². The number of benzene rings is 1. The van der Waals surface area contributed by atoms with Crippen molar-refractivity contribution in [1.82, 2.24) is 10.3 Å². The molecule has 0 saturated heterocycles. The van der Waals surface area contributed by atoms with E-state index in [4.69, 9.17) is 4.74 Å². The summed E-state index contributed by atoms with van der Waals surface area (Å²) in [5, 5.41) is 3.38. The maximum absolute atomic E-state index is 12.8. The Morgan fingerprint density at radius 1 is 1.26 bits per heavy atom. The Morgan fingerprint density at radius 2 is 2.00 bits per heavy atom. The van der Waals surface area contributed by atoms with E-state index in [9.17, 15) is 4.39 Å². The molecule has 0 fully saturated rings. The van der Waals surface area contributed by atoms with Crippen molar-refractivity contribution in [1.29, 1.82) is 0 Å².